The van der Waals surface area contributed by atoms with Crippen LogP contribution in [0.4, 0.5) is 0 Å². The van der Waals surface area contributed by atoms with E-state index in [2.05, 4.69) is 15.3 Å². The van der Waals surface area contributed by atoms with E-state index in [9.17, 15) is 14.4 Å². The van der Waals surface area contributed by atoms with Crippen LogP contribution in [0.15, 0.2) is 24.5 Å². The molecule has 0 aromatic carbocycles. The molecule has 0 unspecified atom stereocenters. The fourth-order valence-electron chi connectivity index (χ4n) is 3.16. The number of ketones is 1. The number of nitrogens with one attached hydrogen (secondary N) is 3. The molecule has 0 fully saturated rings. The maximum absolute atomic E-state index is 13.3. The molecule has 0 radical (unpaired) electrons. The highest BCUT2D eigenvalue weighted by Gasteiger charge is 2.28. The van der Waals surface area contributed by atoms with E-state index in [0.29, 0.717) is 6.42 Å². The molecule has 0 saturated carbocycles. The summed E-state index contributed by atoms with van der Waals surface area (Å²) >= 11 is 1.51. The zero-order valence-electron chi connectivity index (χ0n) is 19.6. The van der Waals surface area contributed by atoms with Crippen LogP contribution in [0.3, 0.4) is 0 Å². The van der Waals surface area contributed by atoms with Gasteiger partial charge in [-0.3, -0.25) is 14.6 Å². The number of esters is 1. The number of H-pyrrole nitrogens is 1. The summed E-state index contributed by atoms with van der Waals surface area (Å²) in [4.78, 5) is 47.1. The lowest BCUT2D eigenvalue weighted by atomic mass is 10.1. The number of Topliss-reactive ketones (excluding diaryl/α,β-unsaturated/α-hetero) is 1. The first kappa shape index (κ1) is 26.5. The van der Waals surface area contributed by atoms with Gasteiger partial charge in [0.05, 0.1) is 28.6 Å². The van der Waals surface area contributed by atoms with Gasteiger partial charge in [-0.1, -0.05) is 0 Å². The van der Waals surface area contributed by atoms with E-state index in [0.717, 1.165) is 35.1 Å². The van der Waals surface area contributed by atoms with Crippen molar-refractivity contribution in [3.63, 3.8) is 0 Å². The highest BCUT2D eigenvalue weighted by Crippen LogP contribution is 2.23. The Kier molecular flexibility index (Phi) is 10.5. The first-order valence-corrected chi connectivity index (χ1v) is 12.0. The van der Waals surface area contributed by atoms with Crippen LogP contribution in [-0.4, -0.2) is 82.5 Å². The summed E-state index contributed by atoms with van der Waals surface area (Å²) in [6.07, 6.45) is 4.44. The highest BCUT2D eigenvalue weighted by atomic mass is 32.2. The van der Waals surface area contributed by atoms with E-state index in [1.807, 2.05) is 37.3 Å². The number of thioether (sulfide) groups is 1. The first-order valence-electron chi connectivity index (χ1n) is 10.9. The SMILES string of the molecule is CC(C)OC(=O)[C@H](CCC(=O)C=N)NC(=O)[C@H](Cc1c[nH]c2cccnc12)SCCN(C)C. The van der Waals surface area contributed by atoms with Crippen molar-refractivity contribution in [2.24, 2.45) is 0 Å². The zero-order valence-corrected chi connectivity index (χ0v) is 20.4. The summed E-state index contributed by atoms with van der Waals surface area (Å²) in [7, 11) is 3.94. The number of hydrogen-bond donors (Lipinski definition) is 3. The third-order valence-corrected chi connectivity index (χ3v) is 6.06. The molecular formula is C23H33N5O4S. The topological polar surface area (TPSA) is 128 Å². The van der Waals surface area contributed by atoms with Crippen molar-refractivity contribution in [3.8, 4) is 0 Å². The van der Waals surface area contributed by atoms with Gasteiger partial charge in [-0.25, -0.2) is 4.79 Å². The van der Waals surface area contributed by atoms with Crippen LogP contribution in [0, 0.1) is 5.41 Å². The molecule has 2 aromatic rings. The average Bonchev–Trinajstić information content (AvgIpc) is 3.17. The number of amides is 1. The number of aromatic amines is 1. The minimum atomic E-state index is -0.957. The number of hydrogen-bond acceptors (Lipinski definition) is 8. The molecule has 3 N–H and O–H groups in total. The van der Waals surface area contributed by atoms with Crippen LogP contribution in [-0.2, 0) is 25.5 Å². The van der Waals surface area contributed by atoms with E-state index in [1.54, 1.807) is 20.0 Å². The summed E-state index contributed by atoms with van der Waals surface area (Å²) in [5.41, 5.74) is 2.63. The zero-order chi connectivity index (χ0) is 24.4. The van der Waals surface area contributed by atoms with Crippen molar-refractivity contribution in [1.82, 2.24) is 20.2 Å². The predicted octanol–water partition coefficient (Wildman–Crippen LogP) is 2.20. The Balaban J connectivity index is 2.19. The molecule has 10 heteroatoms. The van der Waals surface area contributed by atoms with E-state index in [-0.39, 0.29) is 24.9 Å². The molecule has 2 aromatic heterocycles. The van der Waals surface area contributed by atoms with Crippen LogP contribution in [0.2, 0.25) is 0 Å². The Hall–Kier alpha value is -2.72. The second-order valence-electron chi connectivity index (χ2n) is 8.28. The van der Waals surface area contributed by atoms with Crippen molar-refractivity contribution < 1.29 is 19.1 Å². The molecule has 0 saturated heterocycles. The second-order valence-corrected chi connectivity index (χ2v) is 9.59. The lowest BCUT2D eigenvalue weighted by Crippen LogP contribution is -2.46. The van der Waals surface area contributed by atoms with Gasteiger partial charge in [0.2, 0.25) is 5.91 Å². The number of pyridine rings is 1. The minimum Gasteiger partial charge on any atom is -0.461 e. The molecule has 180 valence electrons. The standard InChI is InChI=1S/C23H33N5O4S/c1-15(2)32-23(31)19(8-7-17(29)13-24)27-22(30)20(33-11-10-28(3)4)12-16-14-26-18-6-5-9-25-21(16)18/h5-6,9,13-15,19-20,24,26H,7-8,10-12H2,1-4H3,(H,27,30)/t19-,20-/m0/s1. The molecule has 0 spiro atoms. The van der Waals surface area contributed by atoms with Crippen molar-refractivity contribution in [1.29, 1.82) is 5.41 Å². The maximum atomic E-state index is 13.3. The molecule has 1 amide bonds. The van der Waals surface area contributed by atoms with Crippen LogP contribution in [0.5, 0.6) is 0 Å². The van der Waals surface area contributed by atoms with Gasteiger partial charge in [0, 0.05) is 31.1 Å². The number of nitrogens with zero attached hydrogens (tertiary/aromatic N) is 2. The van der Waals surface area contributed by atoms with Gasteiger partial charge < -0.3 is 25.3 Å². The number of rotatable bonds is 14. The summed E-state index contributed by atoms with van der Waals surface area (Å²) in [5.74, 6) is -0.554. The van der Waals surface area contributed by atoms with E-state index < -0.39 is 23.0 Å². The van der Waals surface area contributed by atoms with Gasteiger partial charge in [0.25, 0.3) is 0 Å². The Morgan fingerprint density at radius 2 is 2.09 bits per heavy atom. The van der Waals surface area contributed by atoms with E-state index in [1.165, 1.54) is 11.8 Å². The van der Waals surface area contributed by atoms with Gasteiger partial charge in [0.15, 0.2) is 5.78 Å². The molecule has 2 rings (SSSR count). The summed E-state index contributed by atoms with van der Waals surface area (Å²) < 4.78 is 5.28. The largest absolute Gasteiger partial charge is 0.461 e. The van der Waals surface area contributed by atoms with Gasteiger partial charge >= 0.3 is 5.97 Å². The summed E-state index contributed by atoms with van der Waals surface area (Å²) in [6.45, 7) is 4.25. The lowest BCUT2D eigenvalue weighted by molar-refractivity contribution is -0.151. The maximum Gasteiger partial charge on any atom is 0.328 e. The molecule has 33 heavy (non-hydrogen) atoms. The predicted molar refractivity (Wildman–Crippen MR) is 131 cm³/mol. The van der Waals surface area contributed by atoms with E-state index in [4.69, 9.17) is 10.1 Å². The Morgan fingerprint density at radius 1 is 1.33 bits per heavy atom. The van der Waals surface area contributed by atoms with Gasteiger partial charge in [-0.15, -0.1) is 11.8 Å². The van der Waals surface area contributed by atoms with E-state index >= 15 is 0 Å². The van der Waals surface area contributed by atoms with Crippen molar-refractivity contribution >= 4 is 46.7 Å². The molecule has 2 heterocycles. The van der Waals surface area contributed by atoms with Gasteiger partial charge in [-0.2, -0.15) is 0 Å². The van der Waals surface area contributed by atoms with Crippen LogP contribution in [0.1, 0.15) is 32.3 Å². The average molecular weight is 476 g/mol. The smallest absolute Gasteiger partial charge is 0.328 e. The molecule has 0 aliphatic carbocycles. The van der Waals surface area contributed by atoms with Gasteiger partial charge in [0.1, 0.15) is 6.04 Å². The third kappa shape index (κ3) is 8.62. The molecule has 2 atom stereocenters. The fourth-order valence-corrected chi connectivity index (χ4v) is 4.43. The third-order valence-electron chi connectivity index (χ3n) is 4.86. The second kappa shape index (κ2) is 13.1. The summed E-state index contributed by atoms with van der Waals surface area (Å²) in [5, 5.41) is 9.41. The van der Waals surface area contributed by atoms with Crippen molar-refractivity contribution in [2.45, 2.75) is 50.5 Å². The van der Waals surface area contributed by atoms with Crippen LogP contribution >= 0.6 is 11.8 Å². The minimum absolute atomic E-state index is 0.0214. The molecule has 0 aliphatic rings. The Labute approximate surface area is 198 Å². The molecular weight excluding hydrogens is 442 g/mol. The van der Waals surface area contributed by atoms with Crippen LogP contribution < -0.4 is 5.32 Å². The monoisotopic (exact) mass is 475 g/mol. The number of carbonyl (C=O) groups excluding carboxylic acids is 3. The highest BCUT2D eigenvalue weighted by molar-refractivity contribution is 8.00. The Morgan fingerprint density at radius 3 is 2.76 bits per heavy atom. The number of aromatic nitrogens is 2. The van der Waals surface area contributed by atoms with Crippen molar-refractivity contribution in [2.75, 3.05) is 26.4 Å². The normalized spacial score (nSPS) is 13.2. The number of fused-ring (bicyclic) bond motifs is 1. The molecule has 9 nitrogen and oxygen atoms in total. The number of carbonyl (C=O) groups is 3. The van der Waals surface area contributed by atoms with Crippen LogP contribution in [0.25, 0.3) is 11.0 Å². The molecule has 0 bridgehead atoms. The quantitative estimate of drug-likeness (QED) is 0.282. The Bertz CT molecular complexity index is 959. The first-order chi connectivity index (χ1) is 15.7. The lowest BCUT2D eigenvalue weighted by Gasteiger charge is -2.22. The number of ether oxygens (including phenoxy) is 1. The van der Waals surface area contributed by atoms with Gasteiger partial charge in [-0.05, 0) is 58.5 Å². The molecule has 0 aliphatic heterocycles. The van der Waals surface area contributed by atoms with Crippen molar-refractivity contribution in [3.05, 3.63) is 30.1 Å². The summed E-state index contributed by atoms with van der Waals surface area (Å²) in [6, 6.07) is 2.82. The fraction of sp³-hybridized carbons (Fsp3) is 0.522.